The summed E-state index contributed by atoms with van der Waals surface area (Å²) in [4.78, 5) is 10.7. The molecule has 48 valence electrons. The normalized spacial score (nSPS) is 13.4. The summed E-state index contributed by atoms with van der Waals surface area (Å²) in [6.45, 7) is 3.73. The average Bonchev–Trinajstić information content (AvgIpc) is 1.84. The summed E-state index contributed by atoms with van der Waals surface area (Å²) in [5.74, 6) is 0.263. The number of hydrogen-bond donors (Lipinski definition) is 1. The van der Waals surface area contributed by atoms with Crippen molar-refractivity contribution in [2.24, 2.45) is 0 Å². The van der Waals surface area contributed by atoms with Crippen LogP contribution in [0.1, 0.15) is 20.3 Å². The molecular formula is C5H10INO. The first-order valence-electron chi connectivity index (χ1n) is 2.61. The maximum Gasteiger partial charge on any atom is 0.149 e. The van der Waals surface area contributed by atoms with E-state index in [0.717, 1.165) is 0 Å². The van der Waals surface area contributed by atoms with Gasteiger partial charge in [0.25, 0.3) is 0 Å². The van der Waals surface area contributed by atoms with Gasteiger partial charge in [-0.2, -0.15) is 0 Å². The largest absolute Gasteiger partial charge is 0.298 e. The van der Waals surface area contributed by atoms with Crippen molar-refractivity contribution in [2.45, 2.75) is 26.3 Å². The molecule has 0 fully saturated rings. The van der Waals surface area contributed by atoms with E-state index in [1.165, 1.54) is 0 Å². The van der Waals surface area contributed by atoms with Crippen molar-refractivity contribution in [1.29, 1.82) is 0 Å². The molecule has 0 saturated heterocycles. The zero-order chi connectivity index (χ0) is 6.57. The lowest BCUT2D eigenvalue weighted by molar-refractivity contribution is -0.119. The monoisotopic (exact) mass is 227 g/mol. The number of carbonyl (C=O) groups excluding carboxylic acids is 1. The summed E-state index contributed by atoms with van der Waals surface area (Å²) in [5.41, 5.74) is 0. The Morgan fingerprint density at radius 2 is 2.38 bits per heavy atom. The third kappa shape index (κ3) is 2.61. The minimum absolute atomic E-state index is 0.0144. The van der Waals surface area contributed by atoms with Crippen LogP contribution in [0.5, 0.6) is 0 Å². The molecule has 0 heterocycles. The Morgan fingerprint density at radius 1 is 1.88 bits per heavy atom. The Balaban J connectivity index is 3.46. The molecule has 0 radical (unpaired) electrons. The molecule has 8 heavy (non-hydrogen) atoms. The summed E-state index contributed by atoms with van der Waals surface area (Å²) in [5, 5.41) is 0. The Morgan fingerprint density at radius 3 is 2.50 bits per heavy atom. The van der Waals surface area contributed by atoms with Gasteiger partial charge in [0.1, 0.15) is 5.78 Å². The third-order valence-corrected chi connectivity index (χ3v) is 1.93. The van der Waals surface area contributed by atoms with E-state index in [2.05, 4.69) is 3.53 Å². The van der Waals surface area contributed by atoms with Gasteiger partial charge in [0.15, 0.2) is 0 Å². The molecule has 0 saturated carbocycles. The standard InChI is InChI=1S/C5H10INO/c1-3-5(8)4(2)7-6/h4,7H,3H2,1-2H3. The minimum atomic E-state index is 0.0144. The number of hydrogen-bond acceptors (Lipinski definition) is 2. The van der Waals surface area contributed by atoms with Gasteiger partial charge < -0.3 is 0 Å². The first kappa shape index (κ1) is 8.36. The van der Waals surface area contributed by atoms with Crippen LogP contribution >= 0.6 is 22.9 Å². The van der Waals surface area contributed by atoms with Crippen LogP contribution in [0, 0.1) is 0 Å². The number of ketones is 1. The third-order valence-electron chi connectivity index (χ3n) is 0.995. The highest BCUT2D eigenvalue weighted by Gasteiger charge is 2.05. The Kier molecular flexibility index (Phi) is 4.45. The first-order chi connectivity index (χ1) is 3.72. The molecule has 0 aromatic carbocycles. The van der Waals surface area contributed by atoms with Crippen molar-refractivity contribution in [2.75, 3.05) is 0 Å². The van der Waals surface area contributed by atoms with Gasteiger partial charge in [0.2, 0.25) is 0 Å². The van der Waals surface area contributed by atoms with Gasteiger partial charge in [-0.15, -0.1) is 0 Å². The van der Waals surface area contributed by atoms with Crippen molar-refractivity contribution < 1.29 is 4.79 Å². The summed E-state index contributed by atoms with van der Waals surface area (Å²) in [7, 11) is 0. The first-order valence-corrected chi connectivity index (χ1v) is 3.69. The number of nitrogens with one attached hydrogen (secondary N) is 1. The molecule has 2 nitrogen and oxygen atoms in total. The summed E-state index contributed by atoms with van der Waals surface area (Å²) >= 11 is 1.98. The van der Waals surface area contributed by atoms with Crippen molar-refractivity contribution in [1.82, 2.24) is 3.53 Å². The summed E-state index contributed by atoms with van der Waals surface area (Å²) < 4.78 is 2.84. The molecule has 0 aromatic rings. The topological polar surface area (TPSA) is 29.1 Å². The smallest absolute Gasteiger partial charge is 0.149 e. The fraction of sp³-hybridized carbons (Fsp3) is 0.800. The zero-order valence-electron chi connectivity index (χ0n) is 5.07. The molecule has 3 heteroatoms. The van der Waals surface area contributed by atoms with E-state index < -0.39 is 0 Å². The lowest BCUT2D eigenvalue weighted by Crippen LogP contribution is -2.25. The van der Waals surface area contributed by atoms with Gasteiger partial charge in [-0.1, -0.05) is 6.92 Å². The molecule has 0 spiro atoms. The average molecular weight is 227 g/mol. The number of halogens is 1. The zero-order valence-corrected chi connectivity index (χ0v) is 7.23. The second-order valence-corrected chi connectivity index (χ2v) is 2.27. The Bertz CT molecular complexity index is 84.5. The molecule has 0 aromatic heterocycles. The van der Waals surface area contributed by atoms with Crippen LogP contribution in [0.25, 0.3) is 0 Å². The van der Waals surface area contributed by atoms with Crippen molar-refractivity contribution in [3.8, 4) is 0 Å². The molecule has 0 amide bonds. The van der Waals surface area contributed by atoms with E-state index in [4.69, 9.17) is 0 Å². The van der Waals surface area contributed by atoms with Crippen LogP contribution in [0.3, 0.4) is 0 Å². The van der Waals surface area contributed by atoms with E-state index in [0.29, 0.717) is 6.42 Å². The van der Waals surface area contributed by atoms with Gasteiger partial charge >= 0.3 is 0 Å². The van der Waals surface area contributed by atoms with Crippen molar-refractivity contribution in [3.05, 3.63) is 0 Å². The fourth-order valence-corrected chi connectivity index (χ4v) is 0.714. The Labute approximate surface area is 63.5 Å². The maximum absolute atomic E-state index is 10.7. The molecule has 1 unspecified atom stereocenters. The number of Topliss-reactive ketones (excluding diaryl/α,β-unsaturated/α-hetero) is 1. The summed E-state index contributed by atoms with van der Waals surface area (Å²) in [6.07, 6.45) is 0.622. The molecular weight excluding hydrogens is 217 g/mol. The molecule has 0 aliphatic heterocycles. The van der Waals surface area contributed by atoms with Crippen LogP contribution in [0.2, 0.25) is 0 Å². The van der Waals surface area contributed by atoms with Crippen LogP contribution in [-0.2, 0) is 4.79 Å². The quantitative estimate of drug-likeness (QED) is 0.581. The van der Waals surface area contributed by atoms with Crippen LogP contribution in [-0.4, -0.2) is 11.8 Å². The van der Waals surface area contributed by atoms with Gasteiger partial charge in [-0.3, -0.25) is 8.32 Å². The SMILES string of the molecule is CCC(=O)C(C)NI. The predicted molar refractivity (Wildman–Crippen MR) is 41.9 cm³/mol. The van der Waals surface area contributed by atoms with Crippen LogP contribution in [0.15, 0.2) is 0 Å². The van der Waals surface area contributed by atoms with E-state index in [1.54, 1.807) is 0 Å². The van der Waals surface area contributed by atoms with E-state index in [1.807, 2.05) is 36.7 Å². The highest BCUT2D eigenvalue weighted by atomic mass is 127. The van der Waals surface area contributed by atoms with Crippen LogP contribution < -0.4 is 3.53 Å². The van der Waals surface area contributed by atoms with Gasteiger partial charge in [0, 0.05) is 29.3 Å². The highest BCUT2D eigenvalue weighted by Crippen LogP contribution is 1.90. The Hall–Kier alpha value is 0.360. The van der Waals surface area contributed by atoms with Crippen molar-refractivity contribution >= 4 is 28.6 Å². The second-order valence-electron chi connectivity index (χ2n) is 1.65. The highest BCUT2D eigenvalue weighted by molar-refractivity contribution is 14.1. The molecule has 0 aliphatic carbocycles. The number of carbonyl (C=O) groups is 1. The van der Waals surface area contributed by atoms with E-state index in [-0.39, 0.29) is 11.8 Å². The lowest BCUT2D eigenvalue weighted by Gasteiger charge is -2.02. The molecule has 1 atom stereocenters. The van der Waals surface area contributed by atoms with Gasteiger partial charge in [-0.25, -0.2) is 0 Å². The molecule has 0 bridgehead atoms. The molecule has 0 aliphatic rings. The van der Waals surface area contributed by atoms with Crippen LogP contribution in [0.4, 0.5) is 0 Å². The van der Waals surface area contributed by atoms with Crippen molar-refractivity contribution in [3.63, 3.8) is 0 Å². The van der Waals surface area contributed by atoms with Gasteiger partial charge in [0.05, 0.1) is 6.04 Å². The minimum Gasteiger partial charge on any atom is -0.298 e. The van der Waals surface area contributed by atoms with E-state index >= 15 is 0 Å². The second kappa shape index (κ2) is 4.26. The molecule has 0 rings (SSSR count). The number of rotatable bonds is 3. The lowest BCUT2D eigenvalue weighted by atomic mass is 10.2. The van der Waals surface area contributed by atoms with Gasteiger partial charge in [-0.05, 0) is 6.92 Å². The molecule has 1 N–H and O–H groups in total. The maximum atomic E-state index is 10.7. The summed E-state index contributed by atoms with van der Waals surface area (Å²) in [6, 6.07) is 0.0144. The van der Waals surface area contributed by atoms with E-state index in [9.17, 15) is 4.79 Å². The predicted octanol–water partition coefficient (Wildman–Crippen LogP) is 1.29. The fourth-order valence-electron chi connectivity index (χ4n) is 0.367.